The molecule has 0 bridgehead atoms. The highest BCUT2D eigenvalue weighted by Crippen LogP contribution is 2.28. The second-order valence-electron chi connectivity index (χ2n) is 3.56. The van der Waals surface area contributed by atoms with Crippen LogP contribution in [-0.2, 0) is 15.6 Å². The Labute approximate surface area is 103 Å². The van der Waals surface area contributed by atoms with Crippen molar-refractivity contribution in [1.82, 2.24) is 10.1 Å². The summed E-state index contributed by atoms with van der Waals surface area (Å²) >= 11 is 5.76. The van der Waals surface area contributed by atoms with Crippen molar-refractivity contribution in [1.29, 1.82) is 0 Å². The number of carbonyl (C=O) groups is 1. The van der Waals surface area contributed by atoms with Crippen molar-refractivity contribution in [3.05, 3.63) is 10.8 Å². The van der Waals surface area contributed by atoms with Gasteiger partial charge in [-0.3, -0.25) is 0 Å². The van der Waals surface area contributed by atoms with Gasteiger partial charge < -0.3 is 14.2 Å². The number of halogens is 1. The Kier molecular flexibility index (Phi) is 3.99. The third kappa shape index (κ3) is 3.90. The average molecular weight is 283 g/mol. The van der Waals surface area contributed by atoms with Gasteiger partial charge in [0.2, 0.25) is 0 Å². The summed E-state index contributed by atoms with van der Waals surface area (Å²) in [6, 6.07) is 0. The van der Waals surface area contributed by atoms with Crippen molar-refractivity contribution >= 4 is 27.5 Å². The van der Waals surface area contributed by atoms with Gasteiger partial charge in [0.25, 0.3) is 5.88 Å². The predicted octanol–water partition coefficient (Wildman–Crippen LogP) is 0.933. The summed E-state index contributed by atoms with van der Waals surface area (Å²) < 4.78 is 31.5. The molecule has 96 valence electrons. The molecule has 0 aliphatic heterocycles. The van der Waals surface area contributed by atoms with E-state index in [0.29, 0.717) is 0 Å². The van der Waals surface area contributed by atoms with E-state index in [9.17, 15) is 13.2 Å². The van der Waals surface area contributed by atoms with Gasteiger partial charge in [-0.2, -0.15) is 0 Å². The van der Waals surface area contributed by atoms with Crippen LogP contribution in [0.2, 0.25) is 5.02 Å². The minimum Gasteiger partial charge on any atom is -0.386 e. The standard InChI is InChI=1S/C8H11ClN2O5S/c1-11(2)8(12)15-7-6(9)5(16-10-7)4-17(3,13)14/h4H2,1-3H3. The van der Waals surface area contributed by atoms with E-state index in [1.165, 1.54) is 19.0 Å². The number of amides is 1. The molecule has 1 aromatic heterocycles. The molecule has 17 heavy (non-hydrogen) atoms. The average Bonchev–Trinajstić information content (AvgIpc) is 2.47. The van der Waals surface area contributed by atoms with Gasteiger partial charge >= 0.3 is 6.09 Å². The van der Waals surface area contributed by atoms with E-state index in [-0.39, 0.29) is 16.7 Å². The highest BCUT2D eigenvalue weighted by Gasteiger charge is 2.21. The number of hydrogen-bond donors (Lipinski definition) is 0. The Balaban J connectivity index is 2.88. The molecule has 0 N–H and O–H groups in total. The lowest BCUT2D eigenvalue weighted by atomic mass is 10.5. The zero-order chi connectivity index (χ0) is 13.2. The fraction of sp³-hybridized carbons (Fsp3) is 0.500. The van der Waals surface area contributed by atoms with E-state index in [4.69, 9.17) is 20.9 Å². The lowest BCUT2D eigenvalue weighted by molar-refractivity contribution is 0.167. The second kappa shape index (κ2) is 4.92. The Morgan fingerprint density at radius 1 is 1.53 bits per heavy atom. The first-order chi connectivity index (χ1) is 7.70. The van der Waals surface area contributed by atoms with E-state index in [0.717, 1.165) is 6.26 Å². The Bertz CT molecular complexity index is 522. The molecule has 1 rings (SSSR count). The maximum Gasteiger partial charge on any atom is 0.416 e. The van der Waals surface area contributed by atoms with E-state index >= 15 is 0 Å². The predicted molar refractivity (Wildman–Crippen MR) is 59.8 cm³/mol. The molecule has 0 atom stereocenters. The molecule has 0 unspecified atom stereocenters. The van der Waals surface area contributed by atoms with Gasteiger partial charge in [-0.25, -0.2) is 13.2 Å². The van der Waals surface area contributed by atoms with Gasteiger partial charge in [0.15, 0.2) is 15.6 Å². The highest BCUT2D eigenvalue weighted by atomic mass is 35.5. The molecule has 7 nitrogen and oxygen atoms in total. The lowest BCUT2D eigenvalue weighted by Crippen LogP contribution is -2.25. The van der Waals surface area contributed by atoms with Gasteiger partial charge in [0.1, 0.15) is 10.8 Å². The van der Waals surface area contributed by atoms with Crippen LogP contribution in [-0.4, -0.2) is 44.9 Å². The molecule has 0 spiro atoms. The number of nitrogens with zero attached hydrogens (tertiary/aromatic N) is 2. The van der Waals surface area contributed by atoms with E-state index in [2.05, 4.69) is 5.16 Å². The van der Waals surface area contributed by atoms with Crippen molar-refractivity contribution in [2.24, 2.45) is 0 Å². The fourth-order valence-electron chi connectivity index (χ4n) is 0.861. The number of sulfone groups is 1. The first kappa shape index (κ1) is 13.8. The van der Waals surface area contributed by atoms with Crippen molar-refractivity contribution in [2.45, 2.75) is 5.75 Å². The van der Waals surface area contributed by atoms with Gasteiger partial charge in [0.05, 0.1) is 0 Å². The first-order valence-electron chi connectivity index (χ1n) is 4.41. The van der Waals surface area contributed by atoms with E-state index < -0.39 is 21.7 Å². The van der Waals surface area contributed by atoms with Crippen molar-refractivity contribution in [3.8, 4) is 5.88 Å². The normalized spacial score (nSPS) is 11.3. The molecule has 9 heteroatoms. The van der Waals surface area contributed by atoms with Crippen LogP contribution in [0.4, 0.5) is 4.79 Å². The van der Waals surface area contributed by atoms with Crippen LogP contribution in [0.15, 0.2) is 4.52 Å². The first-order valence-corrected chi connectivity index (χ1v) is 6.85. The molecule has 0 saturated heterocycles. The number of rotatable bonds is 3. The Hall–Kier alpha value is -1.28. The SMILES string of the molecule is CN(C)C(=O)Oc1noc(CS(C)(=O)=O)c1Cl. The molecule has 0 saturated carbocycles. The summed E-state index contributed by atoms with van der Waals surface area (Å²) in [6.07, 6.45) is 0.336. The second-order valence-corrected chi connectivity index (χ2v) is 6.08. The zero-order valence-electron chi connectivity index (χ0n) is 9.43. The van der Waals surface area contributed by atoms with Crippen LogP contribution in [0.3, 0.4) is 0 Å². The van der Waals surface area contributed by atoms with Crippen molar-refractivity contribution < 1.29 is 22.5 Å². The van der Waals surface area contributed by atoms with Crippen LogP contribution in [0.5, 0.6) is 5.88 Å². The van der Waals surface area contributed by atoms with Gasteiger partial charge in [-0.15, -0.1) is 0 Å². The summed E-state index contributed by atoms with van der Waals surface area (Å²) in [6.45, 7) is 0. The molecule has 0 radical (unpaired) electrons. The van der Waals surface area contributed by atoms with Crippen LogP contribution >= 0.6 is 11.6 Å². The smallest absolute Gasteiger partial charge is 0.386 e. The minimum atomic E-state index is -3.30. The largest absolute Gasteiger partial charge is 0.416 e. The minimum absolute atomic E-state index is 0.0595. The molecular formula is C8H11ClN2O5S. The van der Waals surface area contributed by atoms with Gasteiger partial charge in [-0.1, -0.05) is 11.6 Å². The number of aromatic nitrogens is 1. The molecule has 0 aliphatic carbocycles. The van der Waals surface area contributed by atoms with Crippen molar-refractivity contribution in [2.75, 3.05) is 20.4 Å². The van der Waals surface area contributed by atoms with E-state index in [1.807, 2.05) is 0 Å². The molecule has 1 amide bonds. The molecule has 1 aromatic rings. The van der Waals surface area contributed by atoms with Gasteiger partial charge in [-0.05, 0) is 5.16 Å². The molecule has 0 fully saturated rings. The highest BCUT2D eigenvalue weighted by molar-refractivity contribution is 7.89. The Morgan fingerprint density at radius 2 is 2.12 bits per heavy atom. The van der Waals surface area contributed by atoms with Crippen LogP contribution in [0, 0.1) is 0 Å². The summed E-state index contributed by atoms with van der Waals surface area (Å²) in [4.78, 5) is 12.4. The quantitative estimate of drug-likeness (QED) is 0.819. The fourth-order valence-corrected chi connectivity index (χ4v) is 1.79. The van der Waals surface area contributed by atoms with Crippen LogP contribution in [0.25, 0.3) is 0 Å². The van der Waals surface area contributed by atoms with Crippen LogP contribution in [0.1, 0.15) is 5.76 Å². The monoisotopic (exact) mass is 282 g/mol. The summed E-state index contributed by atoms with van der Waals surface area (Å²) in [5.74, 6) is -0.710. The summed E-state index contributed by atoms with van der Waals surface area (Å²) in [5, 5.41) is 3.26. The molecule has 0 aliphatic rings. The Morgan fingerprint density at radius 3 is 2.59 bits per heavy atom. The third-order valence-corrected chi connectivity index (χ3v) is 2.77. The van der Waals surface area contributed by atoms with Crippen LogP contribution < -0.4 is 4.74 Å². The number of ether oxygens (including phenoxy) is 1. The maximum atomic E-state index is 11.2. The van der Waals surface area contributed by atoms with Gasteiger partial charge in [0, 0.05) is 20.4 Å². The molecular weight excluding hydrogens is 272 g/mol. The topological polar surface area (TPSA) is 89.7 Å². The lowest BCUT2D eigenvalue weighted by Gasteiger charge is -2.07. The summed E-state index contributed by atoms with van der Waals surface area (Å²) in [7, 11) is -0.340. The third-order valence-electron chi connectivity index (χ3n) is 1.61. The molecule has 1 heterocycles. The maximum absolute atomic E-state index is 11.2. The van der Waals surface area contributed by atoms with E-state index in [1.54, 1.807) is 0 Å². The van der Waals surface area contributed by atoms with Crippen molar-refractivity contribution in [3.63, 3.8) is 0 Å². The number of hydrogen-bond acceptors (Lipinski definition) is 6. The molecule has 0 aromatic carbocycles. The summed E-state index contributed by atoms with van der Waals surface area (Å²) in [5.41, 5.74) is 0. The number of carbonyl (C=O) groups excluding carboxylic acids is 1. The zero-order valence-corrected chi connectivity index (χ0v) is 11.0.